The Labute approximate surface area is 146 Å². The number of carbonyl (C=O) groups excluding carboxylic acids is 1. The van der Waals surface area contributed by atoms with Gasteiger partial charge in [0.2, 0.25) is 0 Å². The van der Waals surface area contributed by atoms with E-state index in [1.165, 1.54) is 11.3 Å². The Balaban J connectivity index is 1.88. The lowest BCUT2D eigenvalue weighted by atomic mass is 10.3. The molecule has 23 heavy (non-hydrogen) atoms. The summed E-state index contributed by atoms with van der Waals surface area (Å²) in [5.41, 5.74) is 1.07. The van der Waals surface area contributed by atoms with Crippen molar-refractivity contribution < 1.29 is 9.53 Å². The summed E-state index contributed by atoms with van der Waals surface area (Å²) in [6.45, 7) is 2.72. The Morgan fingerprint density at radius 2 is 2.00 bits per heavy atom. The van der Waals surface area contributed by atoms with Crippen molar-refractivity contribution in [1.82, 2.24) is 4.57 Å². The standard InChI is InChI=1S/C17H15BrN2O2S/c1-2-20-16-13(18)9-6-10-14(16)23-17(20)19-15(21)11-22-12-7-4-3-5-8-12/h3-10H,2,11H2,1H3. The van der Waals surface area contributed by atoms with Crippen molar-refractivity contribution in [3.63, 3.8) is 0 Å². The number of halogens is 1. The maximum atomic E-state index is 12.1. The van der Waals surface area contributed by atoms with Gasteiger partial charge in [0, 0.05) is 11.0 Å². The zero-order chi connectivity index (χ0) is 16.2. The Hall–Kier alpha value is -1.92. The number of fused-ring (bicyclic) bond motifs is 1. The minimum absolute atomic E-state index is 0.0663. The molecule has 2 aromatic carbocycles. The molecule has 1 amide bonds. The molecule has 3 aromatic rings. The SMILES string of the molecule is CCn1c(=NC(=O)COc2ccccc2)sc2cccc(Br)c21. The molecule has 0 aliphatic rings. The van der Waals surface area contributed by atoms with Gasteiger partial charge in [-0.3, -0.25) is 4.79 Å². The van der Waals surface area contributed by atoms with Gasteiger partial charge >= 0.3 is 0 Å². The van der Waals surface area contributed by atoms with Gasteiger partial charge in [0.25, 0.3) is 5.91 Å². The lowest BCUT2D eigenvalue weighted by Gasteiger charge is -2.03. The highest BCUT2D eigenvalue weighted by molar-refractivity contribution is 9.10. The molecular formula is C17H15BrN2O2S. The van der Waals surface area contributed by atoms with Crippen LogP contribution in [0.15, 0.2) is 58.0 Å². The van der Waals surface area contributed by atoms with Crippen LogP contribution in [0.4, 0.5) is 0 Å². The average molecular weight is 391 g/mol. The summed E-state index contributed by atoms with van der Waals surface area (Å²) in [7, 11) is 0. The molecular weight excluding hydrogens is 376 g/mol. The number of para-hydroxylation sites is 2. The van der Waals surface area contributed by atoms with E-state index in [2.05, 4.69) is 20.9 Å². The van der Waals surface area contributed by atoms with Gasteiger partial charge in [0.1, 0.15) is 5.75 Å². The maximum absolute atomic E-state index is 12.1. The maximum Gasteiger partial charge on any atom is 0.286 e. The number of rotatable bonds is 4. The zero-order valence-corrected chi connectivity index (χ0v) is 14.9. The summed E-state index contributed by atoms with van der Waals surface area (Å²) in [6, 6.07) is 15.3. The highest BCUT2D eigenvalue weighted by Crippen LogP contribution is 2.25. The van der Waals surface area contributed by atoms with Crippen LogP contribution in [0.1, 0.15) is 6.92 Å². The van der Waals surface area contributed by atoms with E-state index in [-0.39, 0.29) is 12.5 Å². The van der Waals surface area contributed by atoms with E-state index < -0.39 is 0 Å². The van der Waals surface area contributed by atoms with E-state index in [0.29, 0.717) is 10.6 Å². The van der Waals surface area contributed by atoms with Gasteiger partial charge in [0.05, 0.1) is 10.2 Å². The summed E-state index contributed by atoms with van der Waals surface area (Å²) < 4.78 is 9.58. The van der Waals surface area contributed by atoms with E-state index in [1.54, 1.807) is 0 Å². The predicted molar refractivity (Wildman–Crippen MR) is 95.7 cm³/mol. The summed E-state index contributed by atoms with van der Waals surface area (Å²) in [4.78, 5) is 17.0. The number of ether oxygens (including phenoxy) is 1. The fourth-order valence-corrected chi connectivity index (χ4v) is 4.12. The molecule has 1 heterocycles. The van der Waals surface area contributed by atoms with Crippen LogP contribution in [0.5, 0.6) is 5.75 Å². The van der Waals surface area contributed by atoms with E-state index in [9.17, 15) is 4.79 Å². The van der Waals surface area contributed by atoms with Crippen LogP contribution in [-0.2, 0) is 11.3 Å². The Morgan fingerprint density at radius 1 is 1.22 bits per heavy atom. The molecule has 3 rings (SSSR count). The molecule has 0 unspecified atom stereocenters. The average Bonchev–Trinajstić information content (AvgIpc) is 2.92. The quantitative estimate of drug-likeness (QED) is 0.675. The number of hydrogen-bond acceptors (Lipinski definition) is 3. The number of hydrogen-bond donors (Lipinski definition) is 0. The van der Waals surface area contributed by atoms with E-state index >= 15 is 0 Å². The second-order valence-electron chi connectivity index (χ2n) is 4.82. The number of carbonyl (C=O) groups is 1. The highest BCUT2D eigenvalue weighted by atomic mass is 79.9. The first-order valence-electron chi connectivity index (χ1n) is 7.22. The van der Waals surface area contributed by atoms with E-state index in [1.807, 2.05) is 60.0 Å². The van der Waals surface area contributed by atoms with Crippen molar-refractivity contribution in [2.24, 2.45) is 4.99 Å². The molecule has 0 aliphatic carbocycles. The largest absolute Gasteiger partial charge is 0.484 e. The van der Waals surface area contributed by atoms with Crippen LogP contribution in [0.2, 0.25) is 0 Å². The summed E-state index contributed by atoms with van der Waals surface area (Å²) in [5.74, 6) is 0.372. The third kappa shape index (κ3) is 3.54. The van der Waals surface area contributed by atoms with Gasteiger partial charge in [-0.2, -0.15) is 4.99 Å². The molecule has 0 atom stereocenters. The normalized spacial score (nSPS) is 11.8. The second kappa shape index (κ2) is 7.10. The molecule has 0 bridgehead atoms. The summed E-state index contributed by atoms with van der Waals surface area (Å²) in [6.07, 6.45) is 0. The van der Waals surface area contributed by atoms with Crippen LogP contribution >= 0.6 is 27.3 Å². The van der Waals surface area contributed by atoms with Crippen LogP contribution in [0.3, 0.4) is 0 Å². The van der Waals surface area contributed by atoms with Crippen molar-refractivity contribution in [2.75, 3.05) is 6.61 Å². The molecule has 6 heteroatoms. The second-order valence-corrected chi connectivity index (χ2v) is 6.69. The predicted octanol–water partition coefficient (Wildman–Crippen LogP) is 3.99. The van der Waals surface area contributed by atoms with Crippen LogP contribution in [0.25, 0.3) is 10.2 Å². The molecule has 4 nitrogen and oxygen atoms in total. The topological polar surface area (TPSA) is 43.6 Å². The van der Waals surface area contributed by atoms with Crippen molar-refractivity contribution in [2.45, 2.75) is 13.5 Å². The first kappa shape index (κ1) is 16.0. The fourth-order valence-electron chi connectivity index (χ4n) is 2.27. The van der Waals surface area contributed by atoms with Gasteiger partial charge in [0.15, 0.2) is 11.4 Å². The molecule has 1 aromatic heterocycles. The number of nitrogens with zero attached hydrogens (tertiary/aromatic N) is 2. The molecule has 0 spiro atoms. The van der Waals surface area contributed by atoms with Gasteiger partial charge in [-0.1, -0.05) is 35.6 Å². The molecule has 0 saturated heterocycles. The van der Waals surface area contributed by atoms with Gasteiger partial charge in [-0.05, 0) is 47.1 Å². The minimum Gasteiger partial charge on any atom is -0.484 e. The lowest BCUT2D eigenvalue weighted by Crippen LogP contribution is -2.18. The van der Waals surface area contributed by atoms with Gasteiger partial charge in [-0.15, -0.1) is 0 Å². The summed E-state index contributed by atoms with van der Waals surface area (Å²) in [5, 5.41) is 0. The van der Waals surface area contributed by atoms with Gasteiger partial charge in [-0.25, -0.2) is 0 Å². The van der Waals surface area contributed by atoms with Crippen LogP contribution < -0.4 is 9.54 Å². The third-order valence-electron chi connectivity index (χ3n) is 3.29. The first-order chi connectivity index (χ1) is 11.2. The number of thiazole rings is 1. The number of aryl methyl sites for hydroxylation is 1. The van der Waals surface area contributed by atoms with Crippen molar-refractivity contribution in [3.8, 4) is 5.75 Å². The number of aromatic nitrogens is 1. The van der Waals surface area contributed by atoms with Gasteiger partial charge < -0.3 is 9.30 Å². The van der Waals surface area contributed by atoms with Crippen LogP contribution in [-0.4, -0.2) is 17.1 Å². The highest BCUT2D eigenvalue weighted by Gasteiger charge is 2.09. The fraction of sp³-hybridized carbons (Fsp3) is 0.176. The Kier molecular flexibility index (Phi) is 4.93. The summed E-state index contributed by atoms with van der Waals surface area (Å²) >= 11 is 5.07. The van der Waals surface area contributed by atoms with E-state index in [0.717, 1.165) is 21.2 Å². The van der Waals surface area contributed by atoms with Crippen molar-refractivity contribution >= 4 is 43.4 Å². The minimum atomic E-state index is -0.293. The Morgan fingerprint density at radius 3 is 2.74 bits per heavy atom. The molecule has 0 aliphatic heterocycles. The number of amides is 1. The van der Waals surface area contributed by atoms with Crippen molar-refractivity contribution in [3.05, 3.63) is 57.8 Å². The number of benzene rings is 2. The van der Waals surface area contributed by atoms with E-state index in [4.69, 9.17) is 4.74 Å². The molecule has 0 fully saturated rings. The Bertz CT molecular complexity index is 900. The monoisotopic (exact) mass is 390 g/mol. The van der Waals surface area contributed by atoms with Crippen LogP contribution in [0, 0.1) is 0 Å². The van der Waals surface area contributed by atoms with Crippen molar-refractivity contribution in [1.29, 1.82) is 0 Å². The molecule has 118 valence electrons. The third-order valence-corrected chi connectivity index (χ3v) is 4.98. The zero-order valence-electron chi connectivity index (χ0n) is 12.5. The molecule has 0 N–H and O–H groups in total. The molecule has 0 saturated carbocycles. The molecule has 0 radical (unpaired) electrons. The smallest absolute Gasteiger partial charge is 0.286 e. The first-order valence-corrected chi connectivity index (χ1v) is 8.83. The lowest BCUT2D eigenvalue weighted by molar-refractivity contribution is -0.120.